The number of carbonyl (C=O) groups excluding carboxylic acids is 1. The van der Waals surface area contributed by atoms with E-state index < -0.39 is 5.60 Å². The van der Waals surface area contributed by atoms with Crippen LogP contribution >= 0.6 is 0 Å². The largest absolute Gasteiger partial charge is 0.444 e. The maximum absolute atomic E-state index is 12.0. The minimum Gasteiger partial charge on any atom is -0.444 e. The fraction of sp³-hybridized carbons (Fsp3) is 0.933. The fourth-order valence-corrected chi connectivity index (χ4v) is 1.72. The van der Waals surface area contributed by atoms with Gasteiger partial charge in [-0.25, -0.2) is 4.79 Å². The lowest BCUT2D eigenvalue weighted by atomic mass is 10.2. The van der Waals surface area contributed by atoms with E-state index in [2.05, 4.69) is 5.32 Å². The lowest BCUT2D eigenvalue weighted by molar-refractivity contribution is 0.0179. The molecule has 0 atom stereocenters. The van der Waals surface area contributed by atoms with Crippen LogP contribution < -0.4 is 5.32 Å². The molecule has 1 aliphatic heterocycles. The van der Waals surface area contributed by atoms with E-state index in [1.807, 2.05) is 34.6 Å². The minimum atomic E-state index is -0.439. The first-order valence-corrected chi connectivity index (χ1v) is 7.75. The van der Waals surface area contributed by atoms with Gasteiger partial charge >= 0.3 is 6.09 Å². The average Bonchev–Trinajstić information content (AvgIpc) is 2.44. The third kappa shape index (κ3) is 10.0. The van der Waals surface area contributed by atoms with Gasteiger partial charge in [0.05, 0.1) is 13.2 Å². The summed E-state index contributed by atoms with van der Waals surface area (Å²) in [6.45, 7) is 14.1. The molecule has 20 heavy (non-hydrogen) atoms. The summed E-state index contributed by atoms with van der Waals surface area (Å²) in [4.78, 5) is 13.7. The monoisotopic (exact) mass is 288 g/mol. The van der Waals surface area contributed by atoms with Gasteiger partial charge in [-0.1, -0.05) is 13.8 Å². The number of nitrogens with one attached hydrogen (secondary N) is 1. The molecule has 0 aromatic carbocycles. The molecule has 1 amide bonds. The van der Waals surface area contributed by atoms with E-state index >= 15 is 0 Å². The zero-order valence-electron chi connectivity index (χ0n) is 13.8. The summed E-state index contributed by atoms with van der Waals surface area (Å²) in [6.07, 6.45) is 1.82. The first-order chi connectivity index (χ1) is 9.49. The Morgan fingerprint density at radius 2 is 1.80 bits per heavy atom. The molecule has 0 saturated carbocycles. The van der Waals surface area contributed by atoms with Gasteiger partial charge < -0.3 is 19.7 Å². The molecule has 0 unspecified atom stereocenters. The molecule has 0 aliphatic carbocycles. The molecule has 0 bridgehead atoms. The molecule has 1 fully saturated rings. The zero-order valence-corrected chi connectivity index (χ0v) is 13.8. The SMILES string of the molecule is CC.CC(C)(C)OC(=O)N1CCCCNCCOCC1. The Balaban J connectivity index is 0.00000172. The molecule has 0 aromatic heterocycles. The molecule has 5 nitrogen and oxygen atoms in total. The summed E-state index contributed by atoms with van der Waals surface area (Å²) in [7, 11) is 0. The van der Waals surface area contributed by atoms with Crippen LogP contribution in [0.2, 0.25) is 0 Å². The van der Waals surface area contributed by atoms with Gasteiger partial charge in [0.15, 0.2) is 0 Å². The topological polar surface area (TPSA) is 50.8 Å². The van der Waals surface area contributed by atoms with E-state index in [0.29, 0.717) is 19.8 Å². The van der Waals surface area contributed by atoms with Crippen LogP contribution in [-0.2, 0) is 9.47 Å². The van der Waals surface area contributed by atoms with Crippen LogP contribution in [0.3, 0.4) is 0 Å². The first kappa shape index (κ1) is 19.2. The highest BCUT2D eigenvalue weighted by molar-refractivity contribution is 5.68. The summed E-state index contributed by atoms with van der Waals surface area (Å²) in [6, 6.07) is 0. The number of ether oxygens (including phenoxy) is 2. The summed E-state index contributed by atoms with van der Waals surface area (Å²) < 4.78 is 10.9. The van der Waals surface area contributed by atoms with Gasteiger partial charge in [-0.05, 0) is 40.2 Å². The van der Waals surface area contributed by atoms with Gasteiger partial charge in [-0.2, -0.15) is 0 Å². The highest BCUT2D eigenvalue weighted by atomic mass is 16.6. The van der Waals surface area contributed by atoms with Crippen LogP contribution in [0, 0.1) is 0 Å². The Hall–Kier alpha value is -0.810. The van der Waals surface area contributed by atoms with Crippen molar-refractivity contribution in [3.05, 3.63) is 0 Å². The van der Waals surface area contributed by atoms with Crippen molar-refractivity contribution < 1.29 is 14.3 Å². The zero-order chi connectivity index (χ0) is 15.4. The van der Waals surface area contributed by atoms with E-state index in [9.17, 15) is 4.79 Å². The average molecular weight is 288 g/mol. The predicted octanol–water partition coefficient (Wildman–Crippen LogP) is 2.65. The molecule has 5 heteroatoms. The minimum absolute atomic E-state index is 0.238. The van der Waals surface area contributed by atoms with E-state index in [1.54, 1.807) is 4.90 Å². The lowest BCUT2D eigenvalue weighted by Gasteiger charge is -2.27. The fourth-order valence-electron chi connectivity index (χ4n) is 1.72. The van der Waals surface area contributed by atoms with Gasteiger partial charge in [-0.3, -0.25) is 0 Å². The van der Waals surface area contributed by atoms with Crippen molar-refractivity contribution in [2.45, 2.75) is 53.1 Å². The summed E-state index contributed by atoms with van der Waals surface area (Å²) >= 11 is 0. The quantitative estimate of drug-likeness (QED) is 0.744. The number of hydrogen-bond donors (Lipinski definition) is 1. The highest BCUT2D eigenvalue weighted by Gasteiger charge is 2.21. The van der Waals surface area contributed by atoms with E-state index in [0.717, 1.165) is 32.5 Å². The van der Waals surface area contributed by atoms with Crippen molar-refractivity contribution in [2.24, 2.45) is 0 Å². The molecule has 0 aromatic rings. The molecule has 1 heterocycles. The number of rotatable bonds is 0. The standard InChI is InChI=1S/C13H26N2O3.C2H6/c1-13(2,3)18-12(16)15-8-5-4-6-14-7-10-17-11-9-15;1-2/h14H,4-11H2,1-3H3;1-2H3. The Morgan fingerprint density at radius 1 is 1.10 bits per heavy atom. The molecule has 1 rings (SSSR count). The van der Waals surface area contributed by atoms with Gasteiger partial charge in [0.2, 0.25) is 0 Å². The second-order valence-electron chi connectivity index (χ2n) is 5.54. The molecular weight excluding hydrogens is 256 g/mol. The van der Waals surface area contributed by atoms with Gasteiger partial charge in [0.25, 0.3) is 0 Å². The van der Waals surface area contributed by atoms with E-state index in [-0.39, 0.29) is 6.09 Å². The molecule has 0 radical (unpaired) electrons. The third-order valence-corrected chi connectivity index (χ3v) is 2.61. The van der Waals surface area contributed by atoms with Crippen LogP contribution in [-0.4, -0.2) is 56.0 Å². The molecule has 1 saturated heterocycles. The molecular formula is C15H32N2O3. The summed E-state index contributed by atoms with van der Waals surface area (Å²) in [5.41, 5.74) is -0.439. The van der Waals surface area contributed by atoms with Crippen LogP contribution in [0.25, 0.3) is 0 Å². The second-order valence-corrected chi connectivity index (χ2v) is 5.54. The molecule has 0 spiro atoms. The second kappa shape index (κ2) is 10.9. The number of carbonyl (C=O) groups is 1. The van der Waals surface area contributed by atoms with Crippen molar-refractivity contribution in [1.82, 2.24) is 10.2 Å². The molecule has 1 N–H and O–H groups in total. The Labute approximate surface area is 124 Å². The lowest BCUT2D eigenvalue weighted by Crippen LogP contribution is -2.39. The number of amides is 1. The van der Waals surface area contributed by atoms with Gasteiger partial charge in [0, 0.05) is 19.6 Å². The number of nitrogens with zero attached hydrogens (tertiary/aromatic N) is 1. The van der Waals surface area contributed by atoms with E-state index in [1.165, 1.54) is 0 Å². The normalized spacial score (nSPS) is 18.4. The van der Waals surface area contributed by atoms with Crippen molar-refractivity contribution in [3.63, 3.8) is 0 Å². The Kier molecular flexibility index (Phi) is 10.5. The van der Waals surface area contributed by atoms with Gasteiger partial charge in [0.1, 0.15) is 5.60 Å². The van der Waals surface area contributed by atoms with Gasteiger partial charge in [-0.15, -0.1) is 0 Å². The third-order valence-electron chi connectivity index (χ3n) is 2.61. The van der Waals surface area contributed by atoms with Crippen LogP contribution in [0.4, 0.5) is 4.79 Å². The predicted molar refractivity (Wildman–Crippen MR) is 82.1 cm³/mol. The molecule has 1 aliphatic rings. The number of hydrogen-bond acceptors (Lipinski definition) is 4. The summed E-state index contributed by atoms with van der Waals surface area (Å²) in [5.74, 6) is 0. The van der Waals surface area contributed by atoms with Crippen molar-refractivity contribution >= 4 is 6.09 Å². The van der Waals surface area contributed by atoms with Crippen LogP contribution in [0.15, 0.2) is 0 Å². The highest BCUT2D eigenvalue weighted by Crippen LogP contribution is 2.10. The van der Waals surface area contributed by atoms with Crippen LogP contribution in [0.5, 0.6) is 0 Å². The first-order valence-electron chi connectivity index (χ1n) is 7.75. The Morgan fingerprint density at radius 3 is 2.45 bits per heavy atom. The van der Waals surface area contributed by atoms with Crippen molar-refractivity contribution in [3.8, 4) is 0 Å². The van der Waals surface area contributed by atoms with Crippen molar-refractivity contribution in [1.29, 1.82) is 0 Å². The van der Waals surface area contributed by atoms with E-state index in [4.69, 9.17) is 9.47 Å². The smallest absolute Gasteiger partial charge is 0.410 e. The maximum atomic E-state index is 12.0. The Bertz CT molecular complexity index is 240. The van der Waals surface area contributed by atoms with Crippen molar-refractivity contribution in [2.75, 3.05) is 39.4 Å². The molecule has 120 valence electrons. The summed E-state index contributed by atoms with van der Waals surface area (Å²) in [5, 5.41) is 3.31. The maximum Gasteiger partial charge on any atom is 0.410 e. The van der Waals surface area contributed by atoms with Crippen LogP contribution in [0.1, 0.15) is 47.5 Å².